The molecule has 0 aromatic carbocycles. The number of amides is 2. The van der Waals surface area contributed by atoms with Gasteiger partial charge in [0.1, 0.15) is 12.4 Å². The lowest BCUT2D eigenvalue weighted by molar-refractivity contribution is -0.131. The average Bonchev–Trinajstić information content (AvgIpc) is 2.73. The fraction of sp³-hybridized carbons (Fsp3) is 0.667. The first kappa shape index (κ1) is 14.4. The summed E-state index contributed by atoms with van der Waals surface area (Å²) in [5, 5.41) is 0. The minimum absolute atomic E-state index is 0.00597. The fourth-order valence-electron chi connectivity index (χ4n) is 1.43. The van der Waals surface area contributed by atoms with Gasteiger partial charge in [0.25, 0.3) is 0 Å². The van der Waals surface area contributed by atoms with Crippen molar-refractivity contribution in [3.8, 4) is 0 Å². The number of aliphatic imine (C=N–C) groups is 1. The largest absolute Gasteiger partial charge is 0.430 e. The van der Waals surface area contributed by atoms with Crippen LogP contribution in [0.5, 0.6) is 0 Å². The van der Waals surface area contributed by atoms with Crippen LogP contribution < -0.4 is 11.5 Å². The molecule has 0 fully saturated rings. The molecule has 2 amide bonds. The van der Waals surface area contributed by atoms with Gasteiger partial charge in [-0.25, -0.2) is 0 Å². The first-order valence-electron chi connectivity index (χ1n) is 5.15. The minimum atomic E-state index is -4.54. The Hall–Kier alpha value is -1.64. The minimum Gasteiger partial charge on any atom is -0.370 e. The third kappa shape index (κ3) is 3.69. The summed E-state index contributed by atoms with van der Waals surface area (Å²) in [6, 6.07) is -1.04. The monoisotopic (exact) mass is 266 g/mol. The number of halogens is 3. The van der Waals surface area contributed by atoms with Crippen molar-refractivity contribution in [2.75, 3.05) is 13.2 Å². The molecule has 0 saturated heterocycles. The van der Waals surface area contributed by atoms with E-state index in [1.165, 1.54) is 0 Å². The maximum absolute atomic E-state index is 12.3. The third-order valence-electron chi connectivity index (χ3n) is 2.43. The van der Waals surface area contributed by atoms with Gasteiger partial charge in [-0.3, -0.25) is 14.6 Å². The van der Waals surface area contributed by atoms with Gasteiger partial charge in [-0.05, 0) is 6.42 Å². The molecule has 1 aliphatic heterocycles. The smallest absolute Gasteiger partial charge is 0.370 e. The highest BCUT2D eigenvalue weighted by atomic mass is 19.4. The molecule has 102 valence electrons. The number of nitrogens with two attached hydrogens (primary N) is 2. The summed E-state index contributed by atoms with van der Waals surface area (Å²) < 4.78 is 36.9. The Morgan fingerprint density at radius 3 is 2.50 bits per heavy atom. The molecule has 0 unspecified atom stereocenters. The molecule has 0 aliphatic carbocycles. The molecule has 1 heterocycles. The molecule has 0 radical (unpaired) electrons. The van der Waals surface area contributed by atoms with Gasteiger partial charge in [0.05, 0.1) is 12.6 Å². The molecule has 9 heteroatoms. The van der Waals surface area contributed by atoms with Gasteiger partial charge in [-0.1, -0.05) is 0 Å². The zero-order valence-corrected chi connectivity index (χ0v) is 9.41. The van der Waals surface area contributed by atoms with Gasteiger partial charge >= 0.3 is 6.18 Å². The highest BCUT2D eigenvalue weighted by Crippen LogP contribution is 2.21. The standard InChI is InChI=1S/C9H13F3N4O2/c10-9(11,12)6-3-16(4-15-6)8(18)5(13)1-2-7(14)17/h5H,1-4,13H2,(H2,14,17)/t5-/m0/s1. The zero-order valence-electron chi connectivity index (χ0n) is 9.41. The predicted molar refractivity (Wildman–Crippen MR) is 56.5 cm³/mol. The van der Waals surface area contributed by atoms with Crippen LogP contribution in [0.25, 0.3) is 0 Å². The van der Waals surface area contributed by atoms with Crippen LogP contribution in [0.1, 0.15) is 12.8 Å². The van der Waals surface area contributed by atoms with Crippen molar-refractivity contribution >= 4 is 17.5 Å². The van der Waals surface area contributed by atoms with Crippen molar-refractivity contribution in [2.45, 2.75) is 25.1 Å². The lowest BCUT2D eigenvalue weighted by atomic mass is 10.1. The van der Waals surface area contributed by atoms with Crippen LogP contribution in [0.3, 0.4) is 0 Å². The molecule has 4 N–H and O–H groups in total. The molecule has 1 rings (SSSR count). The Kier molecular flexibility index (Phi) is 4.28. The van der Waals surface area contributed by atoms with Crippen molar-refractivity contribution in [1.82, 2.24) is 4.90 Å². The Bertz CT molecular complexity index is 380. The highest BCUT2D eigenvalue weighted by Gasteiger charge is 2.40. The number of alkyl halides is 3. The van der Waals surface area contributed by atoms with Crippen LogP contribution >= 0.6 is 0 Å². The number of rotatable bonds is 4. The topological polar surface area (TPSA) is 102 Å². The van der Waals surface area contributed by atoms with Gasteiger partial charge in [0.15, 0.2) is 0 Å². The van der Waals surface area contributed by atoms with E-state index in [9.17, 15) is 22.8 Å². The summed E-state index contributed by atoms with van der Waals surface area (Å²) >= 11 is 0. The summed E-state index contributed by atoms with van der Waals surface area (Å²) in [5.41, 5.74) is 9.35. The molecule has 0 saturated carbocycles. The molecular weight excluding hydrogens is 253 g/mol. The Morgan fingerprint density at radius 2 is 2.06 bits per heavy atom. The van der Waals surface area contributed by atoms with E-state index in [4.69, 9.17) is 11.5 Å². The number of carbonyl (C=O) groups is 2. The molecular formula is C9H13F3N4O2. The SMILES string of the molecule is NC(=O)CC[C@H](N)C(=O)N1CN=C(C(F)(F)F)C1. The van der Waals surface area contributed by atoms with Gasteiger partial charge in [-0.15, -0.1) is 0 Å². The Labute approximate surface area is 101 Å². The maximum Gasteiger partial charge on any atom is 0.430 e. The van der Waals surface area contributed by atoms with E-state index in [1.54, 1.807) is 0 Å². The van der Waals surface area contributed by atoms with Crippen LogP contribution in [0, 0.1) is 0 Å². The van der Waals surface area contributed by atoms with Crippen molar-refractivity contribution in [2.24, 2.45) is 16.5 Å². The van der Waals surface area contributed by atoms with E-state index in [0.717, 1.165) is 4.90 Å². The molecule has 0 bridgehead atoms. The quantitative estimate of drug-likeness (QED) is 0.709. The van der Waals surface area contributed by atoms with E-state index in [0.29, 0.717) is 0 Å². The summed E-state index contributed by atoms with van der Waals surface area (Å²) in [7, 11) is 0. The van der Waals surface area contributed by atoms with Gasteiger partial charge in [0.2, 0.25) is 11.8 Å². The van der Waals surface area contributed by atoms with Crippen LogP contribution in [0.4, 0.5) is 13.2 Å². The number of primary amides is 1. The van der Waals surface area contributed by atoms with Crippen LogP contribution in [-0.2, 0) is 9.59 Å². The first-order valence-corrected chi connectivity index (χ1v) is 5.15. The Balaban J connectivity index is 2.49. The molecule has 6 nitrogen and oxygen atoms in total. The van der Waals surface area contributed by atoms with E-state index >= 15 is 0 Å². The zero-order chi connectivity index (χ0) is 13.9. The number of hydrogen-bond acceptors (Lipinski definition) is 4. The van der Waals surface area contributed by atoms with Gasteiger partial charge in [-0.2, -0.15) is 13.2 Å². The highest BCUT2D eigenvalue weighted by molar-refractivity contribution is 5.96. The summed E-state index contributed by atoms with van der Waals surface area (Å²) in [4.78, 5) is 26.3. The molecule has 0 spiro atoms. The van der Waals surface area contributed by atoms with E-state index in [-0.39, 0.29) is 19.5 Å². The fourth-order valence-corrected chi connectivity index (χ4v) is 1.43. The number of hydrogen-bond donors (Lipinski definition) is 2. The molecule has 1 atom stereocenters. The molecule has 18 heavy (non-hydrogen) atoms. The van der Waals surface area contributed by atoms with Crippen molar-refractivity contribution in [3.63, 3.8) is 0 Å². The number of nitrogens with zero attached hydrogens (tertiary/aromatic N) is 2. The first-order chi connectivity index (χ1) is 8.21. The summed E-state index contributed by atoms with van der Waals surface area (Å²) in [5.74, 6) is -1.29. The van der Waals surface area contributed by atoms with Gasteiger partial charge in [0, 0.05) is 6.42 Å². The third-order valence-corrected chi connectivity index (χ3v) is 2.43. The molecule has 0 aromatic rings. The molecule has 0 aromatic heterocycles. The van der Waals surface area contributed by atoms with E-state index in [2.05, 4.69) is 4.99 Å². The van der Waals surface area contributed by atoms with Crippen molar-refractivity contribution < 1.29 is 22.8 Å². The van der Waals surface area contributed by atoms with Crippen LogP contribution in [-0.4, -0.2) is 47.9 Å². The number of carbonyl (C=O) groups excluding carboxylic acids is 2. The second-order valence-corrected chi connectivity index (χ2v) is 3.89. The van der Waals surface area contributed by atoms with E-state index in [1.807, 2.05) is 0 Å². The lowest BCUT2D eigenvalue weighted by Crippen LogP contribution is -2.44. The average molecular weight is 266 g/mol. The predicted octanol–water partition coefficient (Wildman–Crippen LogP) is -0.618. The maximum atomic E-state index is 12.3. The summed E-state index contributed by atoms with van der Waals surface area (Å²) in [6.07, 6.45) is -4.62. The molecule has 1 aliphatic rings. The van der Waals surface area contributed by atoms with Crippen molar-refractivity contribution in [3.05, 3.63) is 0 Å². The van der Waals surface area contributed by atoms with E-state index < -0.39 is 36.3 Å². The van der Waals surface area contributed by atoms with Gasteiger partial charge < -0.3 is 16.4 Å². The van der Waals surface area contributed by atoms with Crippen LogP contribution in [0.15, 0.2) is 4.99 Å². The van der Waals surface area contributed by atoms with Crippen molar-refractivity contribution in [1.29, 1.82) is 0 Å². The second-order valence-electron chi connectivity index (χ2n) is 3.89. The second kappa shape index (κ2) is 5.34. The normalized spacial score (nSPS) is 17.6. The summed E-state index contributed by atoms with van der Waals surface area (Å²) in [6.45, 7) is -0.968. The van der Waals surface area contributed by atoms with Crippen LogP contribution in [0.2, 0.25) is 0 Å². The lowest BCUT2D eigenvalue weighted by Gasteiger charge is -2.19. The Morgan fingerprint density at radius 1 is 1.44 bits per heavy atom.